The van der Waals surface area contributed by atoms with E-state index in [1.54, 1.807) is 30.6 Å². The highest BCUT2D eigenvalue weighted by Crippen LogP contribution is 2.20. The van der Waals surface area contributed by atoms with Crippen LogP contribution in [-0.4, -0.2) is 69.4 Å². The Balaban J connectivity index is 1.34. The van der Waals surface area contributed by atoms with Crippen molar-refractivity contribution in [3.05, 3.63) is 84.3 Å². The van der Waals surface area contributed by atoms with Gasteiger partial charge in [0.05, 0.1) is 0 Å². The van der Waals surface area contributed by atoms with Crippen molar-refractivity contribution in [1.82, 2.24) is 19.4 Å². The normalized spacial score (nSPS) is 15.2. The first-order chi connectivity index (χ1) is 16.1. The molecule has 166 valence electrons. The van der Waals surface area contributed by atoms with Crippen molar-refractivity contribution in [2.24, 2.45) is 5.16 Å². The van der Waals surface area contributed by atoms with Gasteiger partial charge in [-0.3, -0.25) is 4.79 Å². The summed E-state index contributed by atoms with van der Waals surface area (Å²) in [5.74, 6) is 0.488. The van der Waals surface area contributed by atoms with Crippen LogP contribution < -0.4 is 4.90 Å². The van der Waals surface area contributed by atoms with Crippen LogP contribution in [0.2, 0.25) is 0 Å². The third-order valence-corrected chi connectivity index (χ3v) is 6.02. The standard InChI is InChI=1S/C25H24N6O2/c1-29-13-15-30(16-14-29)22-9-6-20(17-27-22)23(28-33)24(32)18-4-7-21(8-5-18)31-12-10-19-3-2-11-26-25(19)31/h2-12,17,33H,13-16H2,1H3/b28-23-. The Kier molecular flexibility index (Phi) is 5.58. The molecule has 0 radical (unpaired) electrons. The Bertz CT molecular complexity index is 1300. The van der Waals surface area contributed by atoms with Gasteiger partial charge in [0.1, 0.15) is 11.5 Å². The average molecular weight is 441 g/mol. The maximum absolute atomic E-state index is 13.1. The number of rotatable bonds is 5. The van der Waals surface area contributed by atoms with Crippen molar-refractivity contribution in [3.8, 4) is 5.69 Å². The molecule has 33 heavy (non-hydrogen) atoms. The predicted molar refractivity (Wildman–Crippen MR) is 128 cm³/mol. The van der Waals surface area contributed by atoms with Crippen molar-refractivity contribution in [2.45, 2.75) is 0 Å². The van der Waals surface area contributed by atoms with Crippen LogP contribution in [0.5, 0.6) is 0 Å². The molecule has 8 nitrogen and oxygen atoms in total. The van der Waals surface area contributed by atoms with E-state index in [0.29, 0.717) is 11.1 Å². The van der Waals surface area contributed by atoms with E-state index in [0.717, 1.165) is 48.7 Å². The zero-order valence-corrected chi connectivity index (χ0v) is 18.3. The summed E-state index contributed by atoms with van der Waals surface area (Å²) in [5, 5.41) is 13.9. The topological polar surface area (TPSA) is 86.9 Å². The molecule has 0 spiro atoms. The van der Waals surface area contributed by atoms with Gasteiger partial charge in [0.25, 0.3) is 0 Å². The fraction of sp³-hybridized carbons (Fsp3) is 0.200. The number of hydrogen-bond acceptors (Lipinski definition) is 7. The zero-order valence-electron chi connectivity index (χ0n) is 18.3. The summed E-state index contributed by atoms with van der Waals surface area (Å²) in [6.07, 6.45) is 5.29. The number of anilines is 1. The molecule has 4 heterocycles. The number of ketones is 1. The SMILES string of the molecule is CN1CCN(c2ccc(/C(=N/O)C(=O)c3ccc(-n4ccc5cccnc54)cc3)cn2)CC1. The van der Waals surface area contributed by atoms with Crippen LogP contribution in [-0.2, 0) is 0 Å². The van der Waals surface area contributed by atoms with Gasteiger partial charge in [-0.2, -0.15) is 0 Å². The van der Waals surface area contributed by atoms with E-state index in [1.165, 1.54) is 0 Å². The average Bonchev–Trinajstić information content (AvgIpc) is 3.30. The monoisotopic (exact) mass is 440 g/mol. The highest BCUT2D eigenvalue weighted by atomic mass is 16.4. The Morgan fingerprint density at radius 1 is 0.939 bits per heavy atom. The Labute approximate surface area is 191 Å². The number of aromatic nitrogens is 3. The lowest BCUT2D eigenvalue weighted by Crippen LogP contribution is -2.44. The van der Waals surface area contributed by atoms with Crippen LogP contribution in [0, 0.1) is 0 Å². The second kappa shape index (κ2) is 8.84. The second-order valence-electron chi connectivity index (χ2n) is 8.12. The molecule has 8 heteroatoms. The molecule has 4 aromatic rings. The lowest BCUT2D eigenvalue weighted by Gasteiger charge is -2.33. The van der Waals surface area contributed by atoms with Gasteiger partial charge in [-0.05, 0) is 61.6 Å². The van der Waals surface area contributed by atoms with Crippen molar-refractivity contribution >= 4 is 28.3 Å². The van der Waals surface area contributed by atoms with Crippen LogP contribution >= 0.6 is 0 Å². The maximum Gasteiger partial charge on any atom is 0.215 e. The Morgan fingerprint density at radius 2 is 1.70 bits per heavy atom. The first kappa shape index (κ1) is 20.8. The second-order valence-corrected chi connectivity index (χ2v) is 8.12. The minimum Gasteiger partial charge on any atom is -0.410 e. The van der Waals surface area contributed by atoms with E-state index in [9.17, 15) is 10.0 Å². The number of nitrogens with zero attached hydrogens (tertiary/aromatic N) is 6. The van der Waals surface area contributed by atoms with Crippen molar-refractivity contribution in [3.63, 3.8) is 0 Å². The lowest BCUT2D eigenvalue weighted by molar-refractivity contribution is 0.106. The van der Waals surface area contributed by atoms with Gasteiger partial charge >= 0.3 is 0 Å². The van der Waals surface area contributed by atoms with Gasteiger partial charge in [0.15, 0.2) is 5.71 Å². The van der Waals surface area contributed by atoms with Gasteiger partial charge in [-0.25, -0.2) is 9.97 Å². The molecule has 1 N–H and O–H groups in total. The molecule has 0 amide bonds. The molecule has 0 atom stereocenters. The molecule has 1 aliphatic rings. The van der Waals surface area contributed by atoms with Crippen molar-refractivity contribution < 1.29 is 10.0 Å². The summed E-state index contributed by atoms with van der Waals surface area (Å²) in [7, 11) is 2.10. The van der Waals surface area contributed by atoms with Gasteiger partial charge < -0.3 is 19.6 Å². The van der Waals surface area contributed by atoms with Crippen LogP contribution in [0.15, 0.2) is 78.3 Å². The fourth-order valence-electron chi connectivity index (χ4n) is 4.07. The molecule has 1 aliphatic heterocycles. The van der Waals surface area contributed by atoms with Crippen LogP contribution in [0.1, 0.15) is 15.9 Å². The molecule has 1 saturated heterocycles. The molecule has 0 bridgehead atoms. The van der Waals surface area contributed by atoms with E-state index >= 15 is 0 Å². The highest BCUT2D eigenvalue weighted by molar-refractivity contribution is 6.51. The minimum absolute atomic E-state index is 0.0340. The summed E-state index contributed by atoms with van der Waals surface area (Å²) in [4.78, 5) is 26.5. The smallest absolute Gasteiger partial charge is 0.215 e. The van der Waals surface area contributed by atoms with E-state index in [2.05, 4.69) is 32.0 Å². The molecule has 5 rings (SSSR count). The number of piperazine rings is 1. The predicted octanol–water partition coefficient (Wildman–Crippen LogP) is 3.23. The number of hydrogen-bond donors (Lipinski definition) is 1. The highest BCUT2D eigenvalue weighted by Gasteiger charge is 2.20. The lowest BCUT2D eigenvalue weighted by atomic mass is 10.0. The van der Waals surface area contributed by atoms with E-state index < -0.39 is 0 Å². The summed E-state index contributed by atoms with van der Waals surface area (Å²) in [6, 6.07) is 16.7. The van der Waals surface area contributed by atoms with Gasteiger partial charge in [0.2, 0.25) is 5.78 Å². The fourth-order valence-corrected chi connectivity index (χ4v) is 4.07. The van der Waals surface area contributed by atoms with Gasteiger partial charge in [0, 0.05) is 67.0 Å². The summed E-state index contributed by atoms with van der Waals surface area (Å²) in [5.41, 5.74) is 2.61. The van der Waals surface area contributed by atoms with Crippen LogP contribution in [0.25, 0.3) is 16.7 Å². The molecule has 1 fully saturated rings. The Morgan fingerprint density at radius 3 is 2.39 bits per heavy atom. The third kappa shape index (κ3) is 4.08. The number of carbonyl (C=O) groups is 1. The molecule has 0 saturated carbocycles. The molecular formula is C25H24N6O2. The number of oxime groups is 1. The van der Waals surface area contributed by atoms with Gasteiger partial charge in [-0.15, -0.1) is 0 Å². The Hall–Kier alpha value is -4.04. The van der Waals surface area contributed by atoms with Gasteiger partial charge in [-0.1, -0.05) is 5.16 Å². The minimum atomic E-state index is -0.367. The number of fused-ring (bicyclic) bond motifs is 1. The number of benzene rings is 1. The zero-order chi connectivity index (χ0) is 22.8. The first-order valence-corrected chi connectivity index (χ1v) is 10.8. The summed E-state index contributed by atoms with van der Waals surface area (Å²) >= 11 is 0. The largest absolute Gasteiger partial charge is 0.410 e. The number of likely N-dealkylation sites (N-methyl/N-ethyl adjacent to an activating group) is 1. The molecular weight excluding hydrogens is 416 g/mol. The van der Waals surface area contributed by atoms with Crippen LogP contribution in [0.3, 0.4) is 0 Å². The van der Waals surface area contributed by atoms with E-state index in [4.69, 9.17) is 0 Å². The van der Waals surface area contributed by atoms with Crippen molar-refractivity contribution in [2.75, 3.05) is 38.1 Å². The molecule has 0 aliphatic carbocycles. The maximum atomic E-state index is 13.1. The number of carbonyl (C=O) groups excluding carboxylic acids is 1. The van der Waals surface area contributed by atoms with E-state index in [-0.39, 0.29) is 11.5 Å². The molecule has 0 unspecified atom stereocenters. The first-order valence-electron chi connectivity index (χ1n) is 10.8. The number of Topliss-reactive ketones (excluding diaryl/α,β-unsaturated/α-hetero) is 1. The van der Waals surface area contributed by atoms with Crippen LogP contribution in [0.4, 0.5) is 5.82 Å². The summed E-state index contributed by atoms with van der Waals surface area (Å²) in [6.45, 7) is 3.77. The number of pyridine rings is 2. The molecule has 3 aromatic heterocycles. The summed E-state index contributed by atoms with van der Waals surface area (Å²) < 4.78 is 1.96. The van der Waals surface area contributed by atoms with E-state index in [1.807, 2.05) is 47.2 Å². The quantitative estimate of drug-likeness (QED) is 0.222. The molecule has 1 aromatic carbocycles. The third-order valence-electron chi connectivity index (χ3n) is 6.02. The van der Waals surface area contributed by atoms with Crippen molar-refractivity contribution in [1.29, 1.82) is 0 Å².